The third-order valence-electron chi connectivity index (χ3n) is 2.37. The van der Waals surface area contributed by atoms with E-state index in [9.17, 15) is 15.3 Å². The molecular formula is C12H19NO3S. The molecule has 1 unspecified atom stereocenters. The van der Waals surface area contributed by atoms with E-state index < -0.39 is 5.60 Å². The molecule has 0 amide bonds. The second-order valence-electron chi connectivity index (χ2n) is 4.32. The topological polar surface area (TPSA) is 72.7 Å². The predicted octanol–water partition coefficient (Wildman–Crippen LogP) is 1.30. The Morgan fingerprint density at radius 2 is 2.06 bits per heavy atom. The highest BCUT2D eigenvalue weighted by Gasteiger charge is 2.18. The number of hydrogen-bond acceptors (Lipinski definition) is 5. The fourth-order valence-corrected chi connectivity index (χ4v) is 2.27. The first-order valence-corrected chi connectivity index (χ1v) is 6.77. The number of hydrogen-bond donors (Lipinski definition) is 4. The maximum atomic E-state index is 9.92. The van der Waals surface area contributed by atoms with Crippen molar-refractivity contribution in [2.75, 3.05) is 18.6 Å². The van der Waals surface area contributed by atoms with Gasteiger partial charge in [-0.3, -0.25) is 0 Å². The average molecular weight is 257 g/mol. The van der Waals surface area contributed by atoms with Crippen molar-refractivity contribution < 1.29 is 15.3 Å². The summed E-state index contributed by atoms with van der Waals surface area (Å²) >= 11 is 1.58. The van der Waals surface area contributed by atoms with E-state index in [2.05, 4.69) is 5.32 Å². The van der Waals surface area contributed by atoms with Crippen molar-refractivity contribution in [3.63, 3.8) is 0 Å². The summed E-state index contributed by atoms with van der Waals surface area (Å²) in [4.78, 5) is 0. The predicted molar refractivity (Wildman–Crippen MR) is 70.5 cm³/mol. The molecule has 0 spiro atoms. The van der Waals surface area contributed by atoms with Crippen molar-refractivity contribution in [3.05, 3.63) is 23.8 Å². The number of nitrogens with one attached hydrogen (secondary N) is 1. The molecule has 17 heavy (non-hydrogen) atoms. The summed E-state index contributed by atoms with van der Waals surface area (Å²) in [5.41, 5.74) is -0.156. The molecule has 0 fully saturated rings. The van der Waals surface area contributed by atoms with Crippen LogP contribution in [0.2, 0.25) is 0 Å². The van der Waals surface area contributed by atoms with Crippen LogP contribution in [0.1, 0.15) is 12.5 Å². The summed E-state index contributed by atoms with van der Waals surface area (Å²) in [6, 6.07) is 4.83. The van der Waals surface area contributed by atoms with E-state index in [4.69, 9.17) is 0 Å². The van der Waals surface area contributed by atoms with Crippen LogP contribution in [0.25, 0.3) is 0 Å². The van der Waals surface area contributed by atoms with E-state index in [0.29, 0.717) is 24.4 Å². The third-order valence-corrected chi connectivity index (χ3v) is 3.29. The molecule has 0 radical (unpaired) electrons. The lowest BCUT2D eigenvalue weighted by Gasteiger charge is -2.22. The van der Waals surface area contributed by atoms with Crippen LogP contribution in [0.4, 0.5) is 0 Å². The van der Waals surface area contributed by atoms with Gasteiger partial charge in [0.25, 0.3) is 0 Å². The molecule has 1 rings (SSSR count). The van der Waals surface area contributed by atoms with Gasteiger partial charge in [0, 0.05) is 24.4 Å². The summed E-state index contributed by atoms with van der Waals surface area (Å²) in [6.07, 6.45) is 1.94. The molecule has 0 aliphatic rings. The molecule has 4 nitrogen and oxygen atoms in total. The minimum absolute atomic E-state index is 0.107. The van der Waals surface area contributed by atoms with Gasteiger partial charge in [0.2, 0.25) is 0 Å². The smallest absolute Gasteiger partial charge is 0.161 e. The Bertz CT molecular complexity index is 369. The van der Waals surface area contributed by atoms with Gasteiger partial charge in [-0.1, -0.05) is 12.1 Å². The summed E-state index contributed by atoms with van der Waals surface area (Å²) in [6.45, 7) is 2.60. The van der Waals surface area contributed by atoms with Crippen molar-refractivity contribution in [2.45, 2.75) is 19.1 Å². The molecule has 1 aromatic rings. The third kappa shape index (κ3) is 4.46. The lowest BCUT2D eigenvalue weighted by atomic mass is 10.1. The lowest BCUT2D eigenvalue weighted by Crippen LogP contribution is -2.39. The molecule has 1 aromatic carbocycles. The monoisotopic (exact) mass is 257 g/mol. The Hall–Kier alpha value is -0.910. The number of benzene rings is 1. The van der Waals surface area contributed by atoms with E-state index in [0.717, 1.165) is 0 Å². The summed E-state index contributed by atoms with van der Waals surface area (Å²) in [5, 5.41) is 31.9. The van der Waals surface area contributed by atoms with E-state index in [1.165, 1.54) is 6.07 Å². The zero-order chi connectivity index (χ0) is 12.9. The van der Waals surface area contributed by atoms with E-state index in [1.54, 1.807) is 30.8 Å². The Labute approximate surface area is 106 Å². The molecule has 0 saturated heterocycles. The van der Waals surface area contributed by atoms with Crippen LogP contribution < -0.4 is 5.32 Å². The quantitative estimate of drug-likeness (QED) is 0.578. The number of aliphatic hydroxyl groups is 1. The number of thioether (sulfide) groups is 1. The zero-order valence-corrected chi connectivity index (χ0v) is 10.9. The minimum atomic E-state index is -0.772. The minimum Gasteiger partial charge on any atom is -0.504 e. The molecule has 0 aliphatic carbocycles. The largest absolute Gasteiger partial charge is 0.504 e. The zero-order valence-electron chi connectivity index (χ0n) is 10.1. The molecule has 5 heteroatoms. The van der Waals surface area contributed by atoms with Gasteiger partial charge in [-0.2, -0.15) is 11.8 Å². The highest BCUT2D eigenvalue weighted by atomic mass is 32.2. The SMILES string of the molecule is CSCC(C)(O)CNCc1cccc(O)c1O. The number of para-hydroxylation sites is 1. The molecule has 0 saturated carbocycles. The van der Waals surface area contributed by atoms with Crippen LogP contribution >= 0.6 is 11.8 Å². The summed E-state index contributed by atoms with van der Waals surface area (Å²) in [7, 11) is 0. The van der Waals surface area contributed by atoms with Gasteiger partial charge >= 0.3 is 0 Å². The van der Waals surface area contributed by atoms with Crippen LogP contribution in [0.5, 0.6) is 11.5 Å². The highest BCUT2D eigenvalue weighted by Crippen LogP contribution is 2.27. The molecule has 0 heterocycles. The number of phenolic OH excluding ortho intramolecular Hbond substituents is 2. The first-order valence-electron chi connectivity index (χ1n) is 5.38. The van der Waals surface area contributed by atoms with Crippen molar-refractivity contribution in [1.82, 2.24) is 5.32 Å². The lowest BCUT2D eigenvalue weighted by molar-refractivity contribution is 0.0845. The van der Waals surface area contributed by atoms with Crippen LogP contribution in [0.15, 0.2) is 18.2 Å². The van der Waals surface area contributed by atoms with Gasteiger partial charge in [-0.25, -0.2) is 0 Å². The second-order valence-corrected chi connectivity index (χ2v) is 5.18. The van der Waals surface area contributed by atoms with Crippen molar-refractivity contribution in [1.29, 1.82) is 0 Å². The Morgan fingerprint density at radius 3 is 2.71 bits per heavy atom. The van der Waals surface area contributed by atoms with Crippen molar-refractivity contribution in [2.24, 2.45) is 0 Å². The Morgan fingerprint density at radius 1 is 1.35 bits per heavy atom. The molecule has 4 N–H and O–H groups in total. The fourth-order valence-electron chi connectivity index (χ4n) is 1.55. The molecular weight excluding hydrogens is 238 g/mol. The summed E-state index contributed by atoms with van der Waals surface area (Å²) in [5.74, 6) is 0.413. The van der Waals surface area contributed by atoms with Gasteiger partial charge in [-0.15, -0.1) is 0 Å². The normalized spacial score (nSPS) is 14.5. The standard InChI is InChI=1S/C12H19NO3S/c1-12(16,8-17-2)7-13-6-9-4-3-5-10(14)11(9)15/h3-5,13-16H,6-8H2,1-2H3. The molecule has 1 atom stereocenters. The first-order chi connectivity index (χ1) is 7.96. The Balaban J connectivity index is 2.49. The van der Waals surface area contributed by atoms with Gasteiger partial charge in [0.15, 0.2) is 11.5 Å². The Kier molecular flexibility index (Phi) is 5.11. The van der Waals surface area contributed by atoms with Crippen molar-refractivity contribution in [3.8, 4) is 11.5 Å². The van der Waals surface area contributed by atoms with Crippen LogP contribution in [-0.2, 0) is 6.54 Å². The number of aromatic hydroxyl groups is 2. The molecule has 0 bridgehead atoms. The maximum absolute atomic E-state index is 9.92. The van der Waals surface area contributed by atoms with E-state index in [1.807, 2.05) is 6.26 Å². The average Bonchev–Trinajstić information content (AvgIpc) is 2.24. The van der Waals surface area contributed by atoms with Gasteiger partial charge in [-0.05, 0) is 19.2 Å². The first kappa shape index (κ1) is 14.2. The maximum Gasteiger partial charge on any atom is 0.161 e. The van der Waals surface area contributed by atoms with Gasteiger partial charge in [0.05, 0.1) is 5.60 Å². The van der Waals surface area contributed by atoms with Gasteiger partial charge in [0.1, 0.15) is 0 Å². The van der Waals surface area contributed by atoms with Crippen LogP contribution in [-0.4, -0.2) is 39.5 Å². The van der Waals surface area contributed by atoms with Crippen LogP contribution in [0.3, 0.4) is 0 Å². The van der Waals surface area contributed by atoms with Gasteiger partial charge < -0.3 is 20.6 Å². The molecule has 0 aromatic heterocycles. The molecule has 96 valence electrons. The summed E-state index contributed by atoms with van der Waals surface area (Å²) < 4.78 is 0. The highest BCUT2D eigenvalue weighted by molar-refractivity contribution is 7.98. The van der Waals surface area contributed by atoms with E-state index >= 15 is 0 Å². The number of phenols is 2. The second kappa shape index (κ2) is 6.14. The fraction of sp³-hybridized carbons (Fsp3) is 0.500. The number of rotatable bonds is 6. The van der Waals surface area contributed by atoms with E-state index in [-0.39, 0.29) is 11.5 Å². The van der Waals surface area contributed by atoms with Crippen LogP contribution in [0, 0.1) is 0 Å². The molecule has 0 aliphatic heterocycles. The van der Waals surface area contributed by atoms with Crippen molar-refractivity contribution >= 4 is 11.8 Å².